The summed E-state index contributed by atoms with van der Waals surface area (Å²) in [4.78, 5) is 12.2. The Balaban J connectivity index is 1.93. The highest BCUT2D eigenvalue weighted by molar-refractivity contribution is 5.80. The Kier molecular flexibility index (Phi) is 6.35. The van der Waals surface area contributed by atoms with E-state index in [0.29, 0.717) is 17.9 Å². The van der Waals surface area contributed by atoms with Gasteiger partial charge in [0.1, 0.15) is 11.8 Å². The average Bonchev–Trinajstić information content (AvgIpc) is 2.63. The summed E-state index contributed by atoms with van der Waals surface area (Å²) in [6.45, 7) is 1.99. The van der Waals surface area contributed by atoms with Crippen molar-refractivity contribution in [1.29, 1.82) is 5.26 Å². The van der Waals surface area contributed by atoms with Crippen molar-refractivity contribution in [2.45, 2.75) is 19.1 Å². The molecule has 0 aliphatic carbocycles. The first-order valence-corrected chi connectivity index (χ1v) is 7.67. The zero-order chi connectivity index (χ0) is 17.4. The minimum Gasteiger partial charge on any atom is -0.480 e. The zero-order valence-electron chi connectivity index (χ0n) is 13.7. The fourth-order valence-electron chi connectivity index (χ4n) is 2.25. The van der Waals surface area contributed by atoms with Gasteiger partial charge >= 0.3 is 0 Å². The number of benzene rings is 2. The molecule has 1 N–H and O–H groups in total. The molecule has 2 aromatic rings. The molecule has 0 aromatic heterocycles. The van der Waals surface area contributed by atoms with Gasteiger partial charge in [-0.3, -0.25) is 4.79 Å². The van der Waals surface area contributed by atoms with Crippen molar-refractivity contribution in [3.63, 3.8) is 0 Å². The minimum absolute atomic E-state index is 0.228. The van der Waals surface area contributed by atoms with E-state index in [4.69, 9.17) is 14.7 Å². The standard InChI is InChI=1S/C19H20N2O3/c1-14(24-17-11-7-6-10-16(17)12-20)19(22)21-13-18(23-2)15-8-4-3-5-9-15/h3-11,14,18H,13H2,1-2H3,(H,21,22)/t14-,18-/m0/s1. The van der Waals surface area contributed by atoms with Gasteiger partial charge < -0.3 is 14.8 Å². The van der Waals surface area contributed by atoms with Crippen LogP contribution in [0.2, 0.25) is 0 Å². The number of hydrogen-bond donors (Lipinski definition) is 1. The van der Waals surface area contributed by atoms with Crippen molar-refractivity contribution < 1.29 is 14.3 Å². The Bertz CT molecular complexity index is 710. The van der Waals surface area contributed by atoms with Crippen molar-refractivity contribution >= 4 is 5.91 Å². The molecule has 5 nitrogen and oxygen atoms in total. The molecule has 0 fully saturated rings. The van der Waals surface area contributed by atoms with Gasteiger partial charge in [-0.2, -0.15) is 5.26 Å². The quantitative estimate of drug-likeness (QED) is 0.850. The second kappa shape index (κ2) is 8.70. The van der Waals surface area contributed by atoms with Crippen LogP contribution >= 0.6 is 0 Å². The Labute approximate surface area is 141 Å². The highest BCUT2D eigenvalue weighted by Crippen LogP contribution is 2.18. The Morgan fingerprint density at radius 3 is 2.50 bits per heavy atom. The first kappa shape index (κ1) is 17.5. The van der Waals surface area contributed by atoms with E-state index in [1.54, 1.807) is 38.3 Å². The first-order valence-electron chi connectivity index (χ1n) is 7.67. The van der Waals surface area contributed by atoms with E-state index in [9.17, 15) is 4.79 Å². The van der Waals surface area contributed by atoms with Gasteiger partial charge in [-0.15, -0.1) is 0 Å². The molecule has 1 amide bonds. The molecule has 5 heteroatoms. The molecule has 2 atom stereocenters. The normalized spacial score (nSPS) is 12.7. The maximum Gasteiger partial charge on any atom is 0.260 e. The van der Waals surface area contributed by atoms with Crippen LogP contribution in [0.25, 0.3) is 0 Å². The van der Waals surface area contributed by atoms with Crippen molar-refractivity contribution in [3.8, 4) is 11.8 Å². The van der Waals surface area contributed by atoms with Crippen LogP contribution in [0.3, 0.4) is 0 Å². The number of nitrogens with one attached hydrogen (secondary N) is 1. The highest BCUT2D eigenvalue weighted by Gasteiger charge is 2.18. The van der Waals surface area contributed by atoms with Gasteiger partial charge in [0.25, 0.3) is 5.91 Å². The van der Waals surface area contributed by atoms with E-state index in [-0.39, 0.29) is 12.0 Å². The molecule has 2 aromatic carbocycles. The van der Waals surface area contributed by atoms with E-state index in [2.05, 4.69) is 5.32 Å². The number of hydrogen-bond acceptors (Lipinski definition) is 4. The lowest BCUT2D eigenvalue weighted by Crippen LogP contribution is -2.38. The average molecular weight is 324 g/mol. The van der Waals surface area contributed by atoms with E-state index < -0.39 is 6.10 Å². The molecule has 0 radical (unpaired) electrons. The van der Waals surface area contributed by atoms with Crippen LogP contribution in [-0.2, 0) is 9.53 Å². The van der Waals surface area contributed by atoms with Gasteiger partial charge in [0.05, 0.1) is 11.7 Å². The zero-order valence-corrected chi connectivity index (χ0v) is 13.7. The molecule has 24 heavy (non-hydrogen) atoms. The predicted octanol–water partition coefficient (Wildman–Crippen LogP) is 2.83. The van der Waals surface area contributed by atoms with Gasteiger partial charge in [-0.1, -0.05) is 42.5 Å². The Hall–Kier alpha value is -2.84. The van der Waals surface area contributed by atoms with Gasteiger partial charge in [0.15, 0.2) is 6.10 Å². The summed E-state index contributed by atoms with van der Waals surface area (Å²) >= 11 is 0. The lowest BCUT2D eigenvalue weighted by atomic mass is 10.1. The number of para-hydroxylation sites is 1. The number of amides is 1. The molecule has 0 saturated heterocycles. The second-order valence-electron chi connectivity index (χ2n) is 5.25. The van der Waals surface area contributed by atoms with Crippen LogP contribution in [0.15, 0.2) is 54.6 Å². The summed E-state index contributed by atoms with van der Waals surface area (Å²) in [7, 11) is 1.60. The maximum absolute atomic E-state index is 12.2. The molecular formula is C19H20N2O3. The summed E-state index contributed by atoms with van der Waals surface area (Å²) in [5, 5.41) is 11.9. The van der Waals surface area contributed by atoms with E-state index in [0.717, 1.165) is 5.56 Å². The van der Waals surface area contributed by atoms with Crippen molar-refractivity contribution in [2.75, 3.05) is 13.7 Å². The monoisotopic (exact) mass is 324 g/mol. The SMILES string of the molecule is CO[C@@H](CNC(=O)[C@H](C)Oc1ccccc1C#N)c1ccccc1. The fraction of sp³-hybridized carbons (Fsp3) is 0.263. The summed E-state index contributed by atoms with van der Waals surface area (Å²) in [5.74, 6) is 0.134. The highest BCUT2D eigenvalue weighted by atomic mass is 16.5. The lowest BCUT2D eigenvalue weighted by molar-refractivity contribution is -0.127. The smallest absolute Gasteiger partial charge is 0.260 e. The predicted molar refractivity (Wildman–Crippen MR) is 90.4 cm³/mol. The number of rotatable bonds is 7. The number of carbonyl (C=O) groups is 1. The van der Waals surface area contributed by atoms with Gasteiger partial charge in [-0.05, 0) is 24.6 Å². The molecule has 0 saturated carbocycles. The Morgan fingerprint density at radius 1 is 1.17 bits per heavy atom. The first-order chi connectivity index (χ1) is 11.7. The molecule has 0 bridgehead atoms. The third-order valence-corrected chi connectivity index (χ3v) is 3.60. The summed E-state index contributed by atoms with van der Waals surface area (Å²) < 4.78 is 11.0. The van der Waals surface area contributed by atoms with Crippen LogP contribution in [0.5, 0.6) is 5.75 Å². The van der Waals surface area contributed by atoms with Crippen LogP contribution < -0.4 is 10.1 Å². The number of nitriles is 1. The van der Waals surface area contributed by atoms with E-state index >= 15 is 0 Å². The molecule has 2 rings (SSSR count). The fourth-order valence-corrected chi connectivity index (χ4v) is 2.25. The molecule has 0 heterocycles. The Morgan fingerprint density at radius 2 is 1.83 bits per heavy atom. The van der Waals surface area contributed by atoms with Gasteiger partial charge in [-0.25, -0.2) is 0 Å². The minimum atomic E-state index is -0.715. The molecule has 124 valence electrons. The molecule has 0 unspecified atom stereocenters. The topological polar surface area (TPSA) is 71.3 Å². The van der Waals surface area contributed by atoms with Crippen molar-refractivity contribution in [1.82, 2.24) is 5.32 Å². The lowest BCUT2D eigenvalue weighted by Gasteiger charge is -2.19. The van der Waals surface area contributed by atoms with Gasteiger partial charge in [0, 0.05) is 13.7 Å². The summed E-state index contributed by atoms with van der Waals surface area (Å²) in [6, 6.07) is 18.5. The third-order valence-electron chi connectivity index (χ3n) is 3.60. The number of nitrogens with zero attached hydrogens (tertiary/aromatic N) is 1. The van der Waals surface area contributed by atoms with Crippen LogP contribution in [0.1, 0.15) is 24.2 Å². The third kappa shape index (κ3) is 4.58. The number of methoxy groups -OCH3 is 1. The summed E-state index contributed by atoms with van der Waals surface area (Å²) in [6.07, 6.45) is -0.943. The van der Waals surface area contributed by atoms with Crippen LogP contribution in [0.4, 0.5) is 0 Å². The molecule has 0 aliphatic heterocycles. The van der Waals surface area contributed by atoms with E-state index in [1.807, 2.05) is 36.4 Å². The molecular weight excluding hydrogens is 304 g/mol. The maximum atomic E-state index is 12.2. The van der Waals surface area contributed by atoms with Crippen molar-refractivity contribution in [2.24, 2.45) is 0 Å². The van der Waals surface area contributed by atoms with Crippen molar-refractivity contribution in [3.05, 3.63) is 65.7 Å². The second-order valence-corrected chi connectivity index (χ2v) is 5.25. The largest absolute Gasteiger partial charge is 0.480 e. The number of carbonyl (C=O) groups excluding carboxylic acids is 1. The molecule has 0 aliphatic rings. The van der Waals surface area contributed by atoms with Gasteiger partial charge in [0.2, 0.25) is 0 Å². The summed E-state index contributed by atoms with van der Waals surface area (Å²) in [5.41, 5.74) is 1.39. The van der Waals surface area contributed by atoms with E-state index in [1.165, 1.54) is 0 Å². The number of ether oxygens (including phenoxy) is 2. The van der Waals surface area contributed by atoms with Crippen LogP contribution in [0, 0.1) is 11.3 Å². The van der Waals surface area contributed by atoms with Crippen LogP contribution in [-0.4, -0.2) is 25.7 Å². The molecule has 0 spiro atoms.